The van der Waals surface area contributed by atoms with Crippen LogP contribution in [0.15, 0.2) is 22.7 Å². The Balaban J connectivity index is 2.00. The summed E-state index contributed by atoms with van der Waals surface area (Å²) in [4.78, 5) is 2.46. The SMILES string of the molecule is Cc1cc(C(Cl)c2cc3c(cc2Br)OCCO3)sc1C. The summed E-state index contributed by atoms with van der Waals surface area (Å²) in [6, 6.07) is 6.06. The highest BCUT2D eigenvalue weighted by Crippen LogP contribution is 2.43. The Morgan fingerprint density at radius 3 is 2.40 bits per heavy atom. The van der Waals surface area contributed by atoms with Gasteiger partial charge in [-0.2, -0.15) is 0 Å². The van der Waals surface area contributed by atoms with Crippen LogP contribution in [0.25, 0.3) is 0 Å². The molecule has 0 fully saturated rings. The lowest BCUT2D eigenvalue weighted by molar-refractivity contribution is 0.171. The molecular weight excluding hydrogens is 360 g/mol. The summed E-state index contributed by atoms with van der Waals surface area (Å²) in [5.74, 6) is 1.54. The van der Waals surface area contributed by atoms with Crippen molar-refractivity contribution in [2.75, 3.05) is 13.2 Å². The van der Waals surface area contributed by atoms with Gasteiger partial charge in [0.25, 0.3) is 0 Å². The molecule has 2 heterocycles. The maximum absolute atomic E-state index is 6.65. The first-order chi connectivity index (χ1) is 9.56. The lowest BCUT2D eigenvalue weighted by atomic mass is 10.1. The van der Waals surface area contributed by atoms with Crippen LogP contribution in [0.4, 0.5) is 0 Å². The van der Waals surface area contributed by atoms with Gasteiger partial charge in [0.1, 0.15) is 13.2 Å². The molecule has 0 bridgehead atoms. The van der Waals surface area contributed by atoms with E-state index >= 15 is 0 Å². The van der Waals surface area contributed by atoms with Crippen molar-refractivity contribution in [1.29, 1.82) is 0 Å². The Morgan fingerprint density at radius 2 is 1.80 bits per heavy atom. The van der Waals surface area contributed by atoms with E-state index in [-0.39, 0.29) is 5.38 Å². The molecule has 0 N–H and O–H groups in total. The number of hydrogen-bond acceptors (Lipinski definition) is 3. The van der Waals surface area contributed by atoms with E-state index in [1.54, 1.807) is 11.3 Å². The fourth-order valence-corrected chi connectivity index (χ4v) is 4.25. The van der Waals surface area contributed by atoms with Gasteiger partial charge in [-0.1, -0.05) is 15.9 Å². The minimum Gasteiger partial charge on any atom is -0.486 e. The number of fused-ring (bicyclic) bond motifs is 1. The van der Waals surface area contributed by atoms with Gasteiger partial charge in [0.2, 0.25) is 0 Å². The average molecular weight is 374 g/mol. The van der Waals surface area contributed by atoms with Crippen LogP contribution in [-0.4, -0.2) is 13.2 Å². The van der Waals surface area contributed by atoms with Gasteiger partial charge in [0.15, 0.2) is 11.5 Å². The summed E-state index contributed by atoms with van der Waals surface area (Å²) in [6.07, 6.45) is 0. The van der Waals surface area contributed by atoms with Crippen molar-refractivity contribution in [2.24, 2.45) is 0 Å². The van der Waals surface area contributed by atoms with Crippen LogP contribution in [0.5, 0.6) is 11.5 Å². The predicted octanol–water partition coefficient (Wildman–Crippen LogP) is 5.23. The highest BCUT2D eigenvalue weighted by Gasteiger charge is 2.21. The zero-order chi connectivity index (χ0) is 14.3. The van der Waals surface area contributed by atoms with Gasteiger partial charge in [-0.3, -0.25) is 0 Å². The number of hydrogen-bond donors (Lipinski definition) is 0. The minimum absolute atomic E-state index is 0.183. The van der Waals surface area contributed by atoms with Gasteiger partial charge >= 0.3 is 0 Å². The third-order valence-electron chi connectivity index (χ3n) is 3.37. The van der Waals surface area contributed by atoms with Gasteiger partial charge < -0.3 is 9.47 Å². The normalized spacial score (nSPS) is 15.2. The summed E-state index contributed by atoms with van der Waals surface area (Å²) in [7, 11) is 0. The summed E-state index contributed by atoms with van der Waals surface area (Å²) < 4.78 is 12.2. The van der Waals surface area contributed by atoms with Crippen molar-refractivity contribution in [3.05, 3.63) is 43.6 Å². The molecule has 1 aliphatic heterocycles. The van der Waals surface area contributed by atoms with E-state index in [1.165, 1.54) is 10.4 Å². The van der Waals surface area contributed by atoms with E-state index < -0.39 is 0 Å². The molecule has 20 heavy (non-hydrogen) atoms. The van der Waals surface area contributed by atoms with E-state index in [0.29, 0.717) is 13.2 Å². The van der Waals surface area contributed by atoms with E-state index in [9.17, 15) is 0 Å². The molecule has 106 valence electrons. The molecule has 2 nitrogen and oxygen atoms in total. The number of thiophene rings is 1. The monoisotopic (exact) mass is 372 g/mol. The number of halogens is 2. The van der Waals surface area contributed by atoms with Crippen LogP contribution in [0.1, 0.15) is 26.3 Å². The maximum atomic E-state index is 6.65. The quantitative estimate of drug-likeness (QED) is 0.671. The van der Waals surface area contributed by atoms with Crippen LogP contribution in [0.3, 0.4) is 0 Å². The number of rotatable bonds is 2. The van der Waals surface area contributed by atoms with Gasteiger partial charge in [0.05, 0.1) is 5.38 Å². The van der Waals surface area contributed by atoms with Crippen molar-refractivity contribution in [1.82, 2.24) is 0 Å². The Morgan fingerprint density at radius 1 is 1.15 bits per heavy atom. The first-order valence-corrected chi connectivity index (χ1v) is 8.41. The topological polar surface area (TPSA) is 18.5 Å². The molecule has 0 radical (unpaired) electrons. The highest BCUT2D eigenvalue weighted by molar-refractivity contribution is 9.10. The third kappa shape index (κ3) is 2.57. The predicted molar refractivity (Wildman–Crippen MR) is 86.6 cm³/mol. The molecule has 1 unspecified atom stereocenters. The summed E-state index contributed by atoms with van der Waals surface area (Å²) in [5.41, 5.74) is 2.29. The van der Waals surface area contributed by atoms with E-state index in [4.69, 9.17) is 21.1 Å². The van der Waals surface area contributed by atoms with Crippen molar-refractivity contribution >= 4 is 38.9 Å². The molecule has 0 saturated carbocycles. The lowest BCUT2D eigenvalue weighted by Crippen LogP contribution is -2.15. The third-order valence-corrected chi connectivity index (χ3v) is 5.87. The molecule has 1 aliphatic rings. The fraction of sp³-hybridized carbons (Fsp3) is 0.333. The number of aryl methyl sites for hydroxylation is 2. The zero-order valence-corrected chi connectivity index (χ0v) is 14.4. The average Bonchev–Trinajstić information content (AvgIpc) is 2.77. The van der Waals surface area contributed by atoms with Crippen LogP contribution in [-0.2, 0) is 0 Å². The Labute approximate surface area is 135 Å². The van der Waals surface area contributed by atoms with E-state index in [0.717, 1.165) is 26.4 Å². The van der Waals surface area contributed by atoms with Gasteiger partial charge in [-0.05, 0) is 43.2 Å². The second-order valence-electron chi connectivity index (χ2n) is 4.77. The minimum atomic E-state index is -0.183. The van der Waals surface area contributed by atoms with Crippen LogP contribution in [0, 0.1) is 13.8 Å². The smallest absolute Gasteiger partial charge is 0.162 e. The van der Waals surface area contributed by atoms with Gasteiger partial charge in [0, 0.05) is 14.2 Å². The number of ether oxygens (including phenoxy) is 2. The molecule has 0 amide bonds. The second-order valence-corrected chi connectivity index (χ2v) is 7.35. The van der Waals surface area contributed by atoms with Gasteiger partial charge in [-0.15, -0.1) is 22.9 Å². The molecule has 5 heteroatoms. The molecule has 1 atom stereocenters. The molecular formula is C15H14BrClO2S. The largest absolute Gasteiger partial charge is 0.486 e. The van der Waals surface area contributed by atoms with Crippen molar-refractivity contribution in [3.63, 3.8) is 0 Å². The molecule has 2 aromatic rings. The molecule has 0 saturated heterocycles. The number of benzene rings is 1. The molecule has 0 spiro atoms. The lowest BCUT2D eigenvalue weighted by Gasteiger charge is -2.21. The van der Waals surface area contributed by atoms with Crippen LogP contribution in [0.2, 0.25) is 0 Å². The standard InChI is InChI=1S/C15H14BrClO2S/c1-8-5-14(20-9(8)2)15(17)10-6-12-13(7-11(10)16)19-4-3-18-12/h5-7,15H,3-4H2,1-2H3. The Kier molecular flexibility index (Phi) is 3.98. The van der Waals surface area contributed by atoms with E-state index in [2.05, 4.69) is 35.8 Å². The Bertz CT molecular complexity index is 634. The van der Waals surface area contributed by atoms with Crippen molar-refractivity contribution in [3.8, 4) is 11.5 Å². The van der Waals surface area contributed by atoms with Gasteiger partial charge in [-0.25, -0.2) is 0 Å². The molecule has 1 aromatic carbocycles. The zero-order valence-electron chi connectivity index (χ0n) is 11.2. The fourth-order valence-electron chi connectivity index (χ4n) is 2.15. The molecule has 1 aromatic heterocycles. The molecule has 3 rings (SSSR count). The Hall–Kier alpha value is -0.710. The van der Waals surface area contributed by atoms with Crippen LogP contribution < -0.4 is 9.47 Å². The molecule has 0 aliphatic carbocycles. The van der Waals surface area contributed by atoms with E-state index in [1.807, 2.05) is 12.1 Å². The van der Waals surface area contributed by atoms with Crippen LogP contribution >= 0.6 is 38.9 Å². The first-order valence-electron chi connectivity index (χ1n) is 6.36. The highest BCUT2D eigenvalue weighted by atomic mass is 79.9. The van der Waals surface area contributed by atoms with Crippen molar-refractivity contribution < 1.29 is 9.47 Å². The number of alkyl halides is 1. The maximum Gasteiger partial charge on any atom is 0.162 e. The first kappa shape index (κ1) is 14.2. The van der Waals surface area contributed by atoms with Crippen molar-refractivity contribution in [2.45, 2.75) is 19.2 Å². The summed E-state index contributed by atoms with van der Waals surface area (Å²) >= 11 is 12.0. The second kappa shape index (κ2) is 5.58. The summed E-state index contributed by atoms with van der Waals surface area (Å²) in [6.45, 7) is 5.40. The summed E-state index contributed by atoms with van der Waals surface area (Å²) in [5, 5.41) is -0.183.